The summed E-state index contributed by atoms with van der Waals surface area (Å²) in [4.78, 5) is 26.1. The minimum absolute atomic E-state index is 0.0557. The Morgan fingerprint density at radius 3 is 2.68 bits per heavy atom. The minimum atomic E-state index is -3.40. The van der Waals surface area contributed by atoms with Gasteiger partial charge in [-0.3, -0.25) is 4.79 Å². The first-order valence-corrected chi connectivity index (χ1v) is 10.8. The highest BCUT2D eigenvalue weighted by molar-refractivity contribution is 8.01. The summed E-state index contributed by atoms with van der Waals surface area (Å²) < 4.78 is 24.8. The molecule has 1 fully saturated rings. The third kappa shape index (κ3) is 4.55. The second-order valence-corrected chi connectivity index (χ2v) is 9.51. The number of sulfone groups is 1. The van der Waals surface area contributed by atoms with Crippen LogP contribution in [0, 0.1) is 0 Å². The summed E-state index contributed by atoms with van der Waals surface area (Å²) in [5.74, 6) is -1.20. The number of thioether (sulfide) groups is 1. The number of carboxylic acid groups (broad SMARTS) is 1. The summed E-state index contributed by atoms with van der Waals surface area (Å²) in [6.07, 6.45) is 1.64. The van der Waals surface area contributed by atoms with Crippen LogP contribution in [0.4, 0.5) is 0 Å². The van der Waals surface area contributed by atoms with Crippen LogP contribution in [0.3, 0.4) is 0 Å². The molecule has 1 unspecified atom stereocenters. The largest absolute Gasteiger partial charge is 0.480 e. The highest BCUT2D eigenvalue weighted by Crippen LogP contribution is 2.32. The van der Waals surface area contributed by atoms with E-state index in [2.05, 4.69) is 0 Å². The Morgan fingerprint density at radius 1 is 1.36 bits per heavy atom. The molecule has 1 aromatic rings. The molecule has 0 spiro atoms. The van der Waals surface area contributed by atoms with E-state index in [0.29, 0.717) is 30.7 Å². The second-order valence-electron chi connectivity index (χ2n) is 6.05. The Balaban J connectivity index is 2.20. The van der Waals surface area contributed by atoms with Gasteiger partial charge < -0.3 is 10.0 Å². The predicted molar refractivity (Wildman–Crippen MR) is 96.5 cm³/mol. The number of carbonyl (C=O) groups excluding carboxylic acids is 1. The maximum absolute atomic E-state index is 12.6. The molecule has 2 rings (SSSR count). The molecule has 1 N–H and O–H groups in total. The zero-order chi connectivity index (χ0) is 18.6. The molecule has 0 aromatic heterocycles. The van der Waals surface area contributed by atoms with Crippen LogP contribution in [0.15, 0.2) is 34.1 Å². The Hall–Kier alpha value is -1.54. The van der Waals surface area contributed by atoms with E-state index >= 15 is 0 Å². The van der Waals surface area contributed by atoms with Crippen molar-refractivity contribution < 1.29 is 23.1 Å². The maximum Gasteiger partial charge on any atom is 0.326 e. The van der Waals surface area contributed by atoms with Crippen LogP contribution >= 0.6 is 11.8 Å². The van der Waals surface area contributed by atoms with Gasteiger partial charge in [-0.15, -0.1) is 11.8 Å². The fourth-order valence-corrected chi connectivity index (χ4v) is 5.85. The quantitative estimate of drug-likeness (QED) is 0.725. The van der Waals surface area contributed by atoms with Crippen molar-refractivity contribution >= 4 is 33.5 Å². The lowest BCUT2D eigenvalue weighted by Crippen LogP contribution is -2.43. The van der Waals surface area contributed by atoms with Gasteiger partial charge in [0.1, 0.15) is 6.04 Å². The number of carboxylic acids is 1. The molecule has 1 aliphatic heterocycles. The molecule has 6 nitrogen and oxygen atoms in total. The van der Waals surface area contributed by atoms with Crippen LogP contribution in [0.25, 0.3) is 0 Å². The average Bonchev–Trinajstić information content (AvgIpc) is 3.04. The van der Waals surface area contributed by atoms with Gasteiger partial charge in [-0.1, -0.05) is 19.1 Å². The van der Waals surface area contributed by atoms with Crippen LogP contribution in [-0.4, -0.2) is 53.9 Å². The number of carbonyl (C=O) groups is 2. The maximum atomic E-state index is 12.6. The van der Waals surface area contributed by atoms with Crippen molar-refractivity contribution in [3.8, 4) is 0 Å². The van der Waals surface area contributed by atoms with Crippen LogP contribution in [0.2, 0.25) is 0 Å². The van der Waals surface area contributed by atoms with E-state index < -0.39 is 27.1 Å². The van der Waals surface area contributed by atoms with Crippen molar-refractivity contribution in [1.29, 1.82) is 0 Å². The van der Waals surface area contributed by atoms with E-state index in [4.69, 9.17) is 0 Å². The van der Waals surface area contributed by atoms with Crippen LogP contribution in [-0.2, 0) is 19.4 Å². The van der Waals surface area contributed by atoms with Gasteiger partial charge in [0.15, 0.2) is 9.84 Å². The molecule has 8 heteroatoms. The van der Waals surface area contributed by atoms with Gasteiger partial charge in [-0.25, -0.2) is 13.2 Å². The number of hydrogen-bond acceptors (Lipinski definition) is 5. The zero-order valence-corrected chi connectivity index (χ0v) is 16.0. The van der Waals surface area contributed by atoms with E-state index in [0.717, 1.165) is 0 Å². The Morgan fingerprint density at radius 2 is 2.04 bits per heavy atom. The van der Waals surface area contributed by atoms with Gasteiger partial charge in [0.2, 0.25) is 5.91 Å². The average molecular weight is 386 g/mol. The first-order valence-electron chi connectivity index (χ1n) is 8.29. The molecular weight excluding hydrogens is 362 g/mol. The van der Waals surface area contributed by atoms with Gasteiger partial charge in [-0.2, -0.15) is 0 Å². The molecule has 0 radical (unpaired) electrons. The number of aliphatic carboxylic acids is 1. The molecule has 0 aliphatic carbocycles. The molecular formula is C17H23NO5S2. The van der Waals surface area contributed by atoms with E-state index in [1.165, 1.54) is 16.7 Å². The molecule has 138 valence electrons. The first kappa shape index (κ1) is 19.8. The lowest BCUT2D eigenvalue weighted by Gasteiger charge is -2.25. The Kier molecular flexibility index (Phi) is 6.51. The lowest BCUT2D eigenvalue weighted by atomic mass is 10.2. The summed E-state index contributed by atoms with van der Waals surface area (Å²) in [7, 11) is -3.40. The molecule has 25 heavy (non-hydrogen) atoms. The minimum Gasteiger partial charge on any atom is -0.480 e. The van der Waals surface area contributed by atoms with Crippen molar-refractivity contribution in [3.63, 3.8) is 0 Å². The molecule has 1 saturated heterocycles. The van der Waals surface area contributed by atoms with Crippen molar-refractivity contribution in [1.82, 2.24) is 4.90 Å². The van der Waals surface area contributed by atoms with Gasteiger partial charge in [0.25, 0.3) is 0 Å². The highest BCUT2D eigenvalue weighted by atomic mass is 32.2. The zero-order valence-electron chi connectivity index (χ0n) is 14.3. The predicted octanol–water partition coefficient (Wildman–Crippen LogP) is 2.43. The number of likely N-dealkylation sites (tertiary alicyclic amines) is 1. The summed E-state index contributed by atoms with van der Waals surface area (Å²) in [5, 5.41) is 8.68. The van der Waals surface area contributed by atoms with Gasteiger partial charge in [0.05, 0.1) is 15.9 Å². The number of amides is 1. The molecule has 1 amide bonds. The molecule has 1 heterocycles. The standard InChI is InChI=1S/C17H23NO5S2/c1-3-11-25(22,23)15-9-5-4-8-14(15)24-12(2)16(19)18-10-6-7-13(18)17(20)21/h4-5,8-9,12-13H,3,6-7,10-11H2,1-2H3,(H,20,21)/t12?,13-/m1/s1. The van der Waals surface area contributed by atoms with Gasteiger partial charge in [0, 0.05) is 11.4 Å². The Bertz CT molecular complexity index is 747. The monoisotopic (exact) mass is 385 g/mol. The van der Waals surface area contributed by atoms with Crippen LogP contribution in [0.1, 0.15) is 33.1 Å². The van der Waals surface area contributed by atoms with E-state index in [1.54, 1.807) is 38.1 Å². The van der Waals surface area contributed by atoms with Crippen molar-refractivity contribution in [2.75, 3.05) is 12.3 Å². The van der Waals surface area contributed by atoms with Crippen molar-refractivity contribution in [3.05, 3.63) is 24.3 Å². The fourth-order valence-electron chi connectivity index (χ4n) is 2.94. The molecule has 2 atom stereocenters. The Labute approximate surface area is 152 Å². The fraction of sp³-hybridized carbons (Fsp3) is 0.529. The third-order valence-electron chi connectivity index (χ3n) is 4.13. The van der Waals surface area contributed by atoms with Crippen molar-refractivity contribution in [2.24, 2.45) is 0 Å². The first-order chi connectivity index (χ1) is 11.8. The van der Waals surface area contributed by atoms with Gasteiger partial charge in [-0.05, 0) is 38.3 Å². The SMILES string of the molecule is CCCS(=O)(=O)c1ccccc1SC(C)C(=O)N1CCC[C@@H]1C(=O)O. The highest BCUT2D eigenvalue weighted by Gasteiger charge is 2.36. The summed E-state index contributed by atoms with van der Waals surface area (Å²) in [5.41, 5.74) is 0. The number of rotatable bonds is 7. The molecule has 1 aliphatic rings. The second kappa shape index (κ2) is 8.23. The smallest absolute Gasteiger partial charge is 0.326 e. The summed E-state index contributed by atoms with van der Waals surface area (Å²) in [6.45, 7) is 3.92. The number of nitrogens with zero attached hydrogens (tertiary/aromatic N) is 1. The van der Waals surface area contributed by atoms with E-state index in [9.17, 15) is 23.1 Å². The van der Waals surface area contributed by atoms with Crippen LogP contribution < -0.4 is 0 Å². The number of hydrogen-bond donors (Lipinski definition) is 1. The third-order valence-corrected chi connectivity index (χ3v) is 7.40. The van der Waals surface area contributed by atoms with Crippen LogP contribution in [0.5, 0.6) is 0 Å². The number of benzene rings is 1. The summed E-state index contributed by atoms with van der Waals surface area (Å²) in [6, 6.07) is 5.87. The summed E-state index contributed by atoms with van der Waals surface area (Å²) >= 11 is 1.17. The molecule has 1 aromatic carbocycles. The molecule has 0 bridgehead atoms. The van der Waals surface area contributed by atoms with E-state index in [1.807, 2.05) is 0 Å². The van der Waals surface area contributed by atoms with Crippen molar-refractivity contribution in [2.45, 2.75) is 54.2 Å². The lowest BCUT2D eigenvalue weighted by molar-refractivity contribution is -0.147. The van der Waals surface area contributed by atoms with Gasteiger partial charge >= 0.3 is 5.97 Å². The van der Waals surface area contributed by atoms with E-state index in [-0.39, 0.29) is 16.6 Å². The topological polar surface area (TPSA) is 91.8 Å². The molecule has 0 saturated carbocycles. The normalized spacial score (nSPS) is 19.0.